The zero-order valence-electron chi connectivity index (χ0n) is 16.5. The predicted octanol–water partition coefficient (Wildman–Crippen LogP) is 3.46. The summed E-state index contributed by atoms with van der Waals surface area (Å²) in [4.78, 5) is 26.8. The predicted molar refractivity (Wildman–Crippen MR) is 118 cm³/mol. The fraction of sp³-hybridized carbons (Fsp3) is 0.304. The molecule has 3 rings (SSSR count). The lowest BCUT2D eigenvalue weighted by molar-refractivity contribution is -0.130. The first kappa shape index (κ1) is 21.0. The molecular weight excluding hydrogens is 384 g/mol. The lowest BCUT2D eigenvalue weighted by atomic mass is 9.95. The molecule has 29 heavy (non-hydrogen) atoms. The molecule has 0 saturated carbocycles. The summed E-state index contributed by atoms with van der Waals surface area (Å²) in [6.45, 7) is 1.15. The number of hydrogen-bond acceptors (Lipinski definition) is 3. The second kappa shape index (κ2) is 10.2. The van der Waals surface area contributed by atoms with E-state index in [0.29, 0.717) is 31.7 Å². The monoisotopic (exact) mass is 410 g/mol. The number of benzene rings is 2. The van der Waals surface area contributed by atoms with Crippen LogP contribution in [-0.2, 0) is 26.1 Å². The van der Waals surface area contributed by atoms with Crippen molar-refractivity contribution >= 4 is 34.4 Å². The number of amides is 2. The minimum absolute atomic E-state index is 0.0204. The van der Waals surface area contributed by atoms with E-state index in [0.717, 1.165) is 16.8 Å². The average Bonchev–Trinajstić information content (AvgIpc) is 2.72. The SMILES string of the molecule is CS(=O)Cc1cccc(NC(=O)C2CCN(C(=O)/C=C/c3ccccc3)CC2)c1. The maximum atomic E-state index is 12.6. The van der Waals surface area contributed by atoms with Gasteiger partial charge in [-0.15, -0.1) is 0 Å². The highest BCUT2D eigenvalue weighted by Gasteiger charge is 2.26. The molecule has 0 aromatic heterocycles. The number of hydrogen-bond donors (Lipinski definition) is 1. The molecule has 0 bridgehead atoms. The van der Waals surface area contributed by atoms with E-state index in [9.17, 15) is 13.8 Å². The first-order valence-electron chi connectivity index (χ1n) is 9.73. The lowest BCUT2D eigenvalue weighted by Gasteiger charge is -2.30. The summed E-state index contributed by atoms with van der Waals surface area (Å²) in [7, 11) is -0.920. The van der Waals surface area contributed by atoms with Gasteiger partial charge in [-0.25, -0.2) is 0 Å². The van der Waals surface area contributed by atoms with Crippen LogP contribution in [0.3, 0.4) is 0 Å². The van der Waals surface area contributed by atoms with Crippen LogP contribution in [0.5, 0.6) is 0 Å². The Hall–Kier alpha value is -2.73. The van der Waals surface area contributed by atoms with Crippen LogP contribution in [0.1, 0.15) is 24.0 Å². The molecule has 1 heterocycles. The van der Waals surface area contributed by atoms with Crippen LogP contribution in [0.15, 0.2) is 60.7 Å². The van der Waals surface area contributed by atoms with Gasteiger partial charge in [-0.1, -0.05) is 42.5 Å². The van der Waals surface area contributed by atoms with E-state index >= 15 is 0 Å². The largest absolute Gasteiger partial charge is 0.339 e. The second-order valence-electron chi connectivity index (χ2n) is 7.25. The van der Waals surface area contributed by atoms with E-state index in [1.54, 1.807) is 17.2 Å². The molecule has 1 fully saturated rings. The van der Waals surface area contributed by atoms with Crippen molar-refractivity contribution in [1.82, 2.24) is 4.90 Å². The molecule has 2 aromatic rings. The van der Waals surface area contributed by atoms with Gasteiger partial charge in [0.2, 0.25) is 11.8 Å². The Morgan fingerprint density at radius 1 is 1.10 bits per heavy atom. The molecule has 6 heteroatoms. The van der Waals surface area contributed by atoms with Gasteiger partial charge in [0, 0.05) is 53.6 Å². The first-order chi connectivity index (χ1) is 14.0. The van der Waals surface area contributed by atoms with E-state index in [1.165, 1.54) is 0 Å². The number of rotatable bonds is 6. The molecule has 152 valence electrons. The highest BCUT2D eigenvalue weighted by molar-refractivity contribution is 7.83. The van der Waals surface area contributed by atoms with Gasteiger partial charge in [-0.2, -0.15) is 0 Å². The molecular formula is C23H26N2O3S. The number of likely N-dealkylation sites (tertiary alicyclic amines) is 1. The zero-order valence-corrected chi connectivity index (χ0v) is 17.4. The number of anilines is 1. The summed E-state index contributed by atoms with van der Waals surface area (Å²) in [5, 5.41) is 2.96. The normalized spacial score (nSPS) is 16.0. The molecule has 2 amide bonds. The lowest BCUT2D eigenvalue weighted by Crippen LogP contribution is -2.40. The summed E-state index contributed by atoms with van der Waals surface area (Å²) >= 11 is 0. The van der Waals surface area contributed by atoms with Gasteiger partial charge in [-0.3, -0.25) is 13.8 Å². The molecule has 2 aromatic carbocycles. The van der Waals surface area contributed by atoms with Crippen LogP contribution in [0.25, 0.3) is 6.08 Å². The van der Waals surface area contributed by atoms with E-state index in [4.69, 9.17) is 0 Å². The fourth-order valence-corrected chi connectivity index (χ4v) is 4.07. The third-order valence-corrected chi connectivity index (χ3v) is 5.70. The maximum absolute atomic E-state index is 12.6. The Bertz CT molecular complexity index is 903. The van der Waals surface area contributed by atoms with E-state index < -0.39 is 10.8 Å². The summed E-state index contributed by atoms with van der Waals surface area (Å²) in [6, 6.07) is 17.2. The Balaban J connectivity index is 1.50. The minimum Gasteiger partial charge on any atom is -0.339 e. The molecule has 1 aliphatic rings. The van der Waals surface area contributed by atoms with Gasteiger partial charge in [-0.05, 0) is 42.2 Å². The van der Waals surface area contributed by atoms with Crippen molar-refractivity contribution in [2.75, 3.05) is 24.7 Å². The quantitative estimate of drug-likeness (QED) is 0.742. The molecule has 1 saturated heterocycles. The van der Waals surface area contributed by atoms with Crippen molar-refractivity contribution < 1.29 is 13.8 Å². The van der Waals surface area contributed by atoms with Crippen molar-refractivity contribution in [1.29, 1.82) is 0 Å². The Morgan fingerprint density at radius 3 is 2.52 bits per heavy atom. The van der Waals surface area contributed by atoms with Gasteiger partial charge in [0.25, 0.3) is 0 Å². The van der Waals surface area contributed by atoms with Gasteiger partial charge in [0.05, 0.1) is 0 Å². The molecule has 1 atom stereocenters. The van der Waals surface area contributed by atoms with Crippen molar-refractivity contribution in [3.05, 3.63) is 71.8 Å². The molecule has 1 aliphatic heterocycles. The number of carbonyl (C=O) groups is 2. The van der Waals surface area contributed by atoms with Gasteiger partial charge >= 0.3 is 0 Å². The number of piperidine rings is 1. The molecule has 0 radical (unpaired) electrons. The van der Waals surface area contributed by atoms with Crippen LogP contribution in [0, 0.1) is 5.92 Å². The highest BCUT2D eigenvalue weighted by Crippen LogP contribution is 2.21. The molecule has 0 aliphatic carbocycles. The topological polar surface area (TPSA) is 66.5 Å². The van der Waals surface area contributed by atoms with Crippen LogP contribution >= 0.6 is 0 Å². The maximum Gasteiger partial charge on any atom is 0.246 e. The summed E-state index contributed by atoms with van der Waals surface area (Å²) in [5.41, 5.74) is 2.65. The third kappa shape index (κ3) is 6.39. The summed E-state index contributed by atoms with van der Waals surface area (Å²) < 4.78 is 11.4. The van der Waals surface area contributed by atoms with Gasteiger partial charge < -0.3 is 10.2 Å². The third-order valence-electron chi connectivity index (χ3n) is 4.96. The van der Waals surface area contributed by atoms with Crippen LogP contribution in [0.4, 0.5) is 5.69 Å². The Morgan fingerprint density at radius 2 is 1.83 bits per heavy atom. The van der Waals surface area contributed by atoms with Crippen molar-refractivity contribution in [3.63, 3.8) is 0 Å². The van der Waals surface area contributed by atoms with E-state index in [1.807, 2.05) is 60.7 Å². The number of carbonyl (C=O) groups excluding carboxylic acids is 2. The second-order valence-corrected chi connectivity index (χ2v) is 8.69. The molecule has 1 unspecified atom stereocenters. The zero-order chi connectivity index (χ0) is 20.6. The Labute approximate surface area is 174 Å². The van der Waals surface area contributed by atoms with Crippen LogP contribution in [0.2, 0.25) is 0 Å². The van der Waals surface area contributed by atoms with Crippen molar-refractivity contribution in [2.45, 2.75) is 18.6 Å². The minimum atomic E-state index is -0.920. The average molecular weight is 411 g/mol. The number of nitrogens with zero attached hydrogens (tertiary/aromatic N) is 1. The van der Waals surface area contributed by atoms with E-state index in [2.05, 4.69) is 5.32 Å². The van der Waals surface area contributed by atoms with Gasteiger partial charge in [0.15, 0.2) is 0 Å². The van der Waals surface area contributed by atoms with Crippen molar-refractivity contribution in [3.8, 4) is 0 Å². The summed E-state index contributed by atoms with van der Waals surface area (Å²) in [5.74, 6) is 0.321. The smallest absolute Gasteiger partial charge is 0.246 e. The van der Waals surface area contributed by atoms with Crippen LogP contribution in [-0.4, -0.2) is 40.3 Å². The molecule has 5 nitrogen and oxygen atoms in total. The Kier molecular flexibility index (Phi) is 7.36. The first-order valence-corrected chi connectivity index (χ1v) is 11.5. The highest BCUT2D eigenvalue weighted by atomic mass is 32.2. The number of nitrogens with one attached hydrogen (secondary N) is 1. The molecule has 0 spiro atoms. The van der Waals surface area contributed by atoms with E-state index in [-0.39, 0.29) is 17.7 Å². The summed E-state index contributed by atoms with van der Waals surface area (Å²) in [6.07, 6.45) is 6.37. The fourth-order valence-electron chi connectivity index (χ4n) is 3.42. The van der Waals surface area contributed by atoms with Gasteiger partial charge in [0.1, 0.15) is 0 Å². The van der Waals surface area contributed by atoms with Crippen LogP contribution < -0.4 is 5.32 Å². The van der Waals surface area contributed by atoms with Crippen molar-refractivity contribution in [2.24, 2.45) is 5.92 Å². The molecule has 1 N–H and O–H groups in total. The standard InChI is InChI=1S/C23H26N2O3S/c1-29(28)17-19-8-5-9-21(16-19)24-23(27)20-12-14-25(15-13-20)22(26)11-10-18-6-3-2-4-7-18/h2-11,16,20H,12-15,17H2,1H3,(H,24,27)/b11-10+.